The van der Waals surface area contributed by atoms with E-state index in [4.69, 9.17) is 4.42 Å². The van der Waals surface area contributed by atoms with E-state index in [0.717, 1.165) is 5.56 Å². The maximum atomic E-state index is 13.5. The van der Waals surface area contributed by atoms with E-state index in [1.54, 1.807) is 12.1 Å². The third-order valence-electron chi connectivity index (χ3n) is 2.77. The molecular formula is C14H14FNO2. The molecule has 1 aromatic carbocycles. The number of Topliss-reactive ketones (excluding diaryl/α,β-unsaturated/α-hetero) is 1. The molecule has 0 saturated carbocycles. The van der Waals surface area contributed by atoms with Crippen molar-refractivity contribution in [2.45, 2.75) is 26.2 Å². The molecule has 0 unspecified atom stereocenters. The lowest BCUT2D eigenvalue weighted by molar-refractivity contribution is 0.0988. The van der Waals surface area contributed by atoms with Crippen LogP contribution in [0.2, 0.25) is 0 Å². The SMILES string of the molecule is CC(C)c1cc(CC(=O)c2cocn2)ccc1F. The van der Waals surface area contributed by atoms with Crippen LogP contribution in [0.25, 0.3) is 0 Å². The van der Waals surface area contributed by atoms with Gasteiger partial charge in [-0.3, -0.25) is 4.79 Å². The molecule has 0 saturated heterocycles. The molecule has 2 aromatic rings. The van der Waals surface area contributed by atoms with Crippen molar-refractivity contribution in [3.8, 4) is 0 Å². The molecule has 2 rings (SSSR count). The van der Waals surface area contributed by atoms with Crippen LogP contribution in [0.1, 0.15) is 41.4 Å². The van der Waals surface area contributed by atoms with Gasteiger partial charge in [-0.15, -0.1) is 0 Å². The van der Waals surface area contributed by atoms with Crippen LogP contribution in [-0.4, -0.2) is 10.8 Å². The second-order valence-corrected chi connectivity index (χ2v) is 4.48. The molecule has 0 radical (unpaired) electrons. The molecule has 4 heteroatoms. The van der Waals surface area contributed by atoms with Crippen molar-refractivity contribution in [1.29, 1.82) is 0 Å². The Morgan fingerprint density at radius 2 is 2.22 bits per heavy atom. The smallest absolute Gasteiger partial charge is 0.188 e. The van der Waals surface area contributed by atoms with E-state index in [-0.39, 0.29) is 23.9 Å². The standard InChI is InChI=1S/C14H14FNO2/c1-9(2)11-5-10(3-4-12(11)15)6-14(17)13-7-18-8-16-13/h3-5,7-9H,6H2,1-2H3. The number of ketones is 1. The topological polar surface area (TPSA) is 43.1 Å². The highest BCUT2D eigenvalue weighted by atomic mass is 19.1. The van der Waals surface area contributed by atoms with Crippen LogP contribution in [0, 0.1) is 5.82 Å². The molecule has 1 heterocycles. The maximum Gasteiger partial charge on any atom is 0.188 e. The highest BCUT2D eigenvalue weighted by molar-refractivity contribution is 5.95. The molecule has 0 aliphatic carbocycles. The normalized spacial score (nSPS) is 10.9. The minimum absolute atomic E-state index is 0.0899. The summed E-state index contributed by atoms with van der Waals surface area (Å²) in [5.41, 5.74) is 1.71. The molecular weight excluding hydrogens is 233 g/mol. The lowest BCUT2D eigenvalue weighted by Gasteiger charge is -2.09. The second-order valence-electron chi connectivity index (χ2n) is 4.48. The first kappa shape index (κ1) is 12.5. The summed E-state index contributed by atoms with van der Waals surface area (Å²) in [5, 5.41) is 0. The van der Waals surface area contributed by atoms with Gasteiger partial charge in [-0.1, -0.05) is 26.0 Å². The fourth-order valence-electron chi connectivity index (χ4n) is 1.77. The number of rotatable bonds is 4. The Kier molecular flexibility index (Phi) is 3.55. The molecule has 0 amide bonds. The van der Waals surface area contributed by atoms with Crippen molar-refractivity contribution >= 4 is 5.78 Å². The van der Waals surface area contributed by atoms with E-state index >= 15 is 0 Å². The number of halogens is 1. The molecule has 0 spiro atoms. The van der Waals surface area contributed by atoms with Gasteiger partial charge in [0.25, 0.3) is 0 Å². The number of hydrogen-bond acceptors (Lipinski definition) is 3. The quantitative estimate of drug-likeness (QED) is 0.778. The van der Waals surface area contributed by atoms with Crippen LogP contribution in [-0.2, 0) is 6.42 Å². The molecule has 0 atom stereocenters. The van der Waals surface area contributed by atoms with Crippen molar-refractivity contribution < 1.29 is 13.6 Å². The number of nitrogens with zero attached hydrogens (tertiary/aromatic N) is 1. The van der Waals surface area contributed by atoms with Crippen LogP contribution in [0.15, 0.2) is 35.3 Å². The Labute approximate surface area is 105 Å². The summed E-state index contributed by atoms with van der Waals surface area (Å²) in [4.78, 5) is 15.6. The summed E-state index contributed by atoms with van der Waals surface area (Å²) in [7, 11) is 0. The first-order valence-corrected chi connectivity index (χ1v) is 5.77. The van der Waals surface area contributed by atoms with Crippen molar-refractivity contribution in [2.75, 3.05) is 0 Å². The van der Waals surface area contributed by atoms with Gasteiger partial charge < -0.3 is 4.42 Å². The van der Waals surface area contributed by atoms with E-state index in [1.165, 1.54) is 18.7 Å². The van der Waals surface area contributed by atoms with E-state index < -0.39 is 0 Å². The van der Waals surface area contributed by atoms with Gasteiger partial charge in [0, 0.05) is 6.42 Å². The molecule has 0 fully saturated rings. The third kappa shape index (κ3) is 2.64. The van der Waals surface area contributed by atoms with Gasteiger partial charge in [0.2, 0.25) is 0 Å². The van der Waals surface area contributed by atoms with Crippen molar-refractivity contribution in [2.24, 2.45) is 0 Å². The molecule has 3 nitrogen and oxygen atoms in total. The average molecular weight is 247 g/mol. The summed E-state index contributed by atoms with van der Waals surface area (Å²) in [5.74, 6) is -0.278. The number of carbonyl (C=O) groups excluding carboxylic acids is 1. The molecule has 94 valence electrons. The Bertz CT molecular complexity index is 547. The van der Waals surface area contributed by atoms with Crippen LogP contribution in [0.4, 0.5) is 4.39 Å². The van der Waals surface area contributed by atoms with E-state index in [0.29, 0.717) is 11.3 Å². The predicted molar refractivity (Wildman–Crippen MR) is 65.0 cm³/mol. The molecule has 0 aliphatic heterocycles. The van der Waals surface area contributed by atoms with Crippen molar-refractivity contribution in [3.05, 3.63) is 53.5 Å². The van der Waals surface area contributed by atoms with Crippen molar-refractivity contribution in [1.82, 2.24) is 4.98 Å². The second kappa shape index (κ2) is 5.12. The largest absolute Gasteiger partial charge is 0.451 e. The third-order valence-corrected chi connectivity index (χ3v) is 2.77. The van der Waals surface area contributed by atoms with Gasteiger partial charge in [0.15, 0.2) is 12.2 Å². The first-order valence-electron chi connectivity index (χ1n) is 5.77. The molecule has 0 aliphatic rings. The maximum absolute atomic E-state index is 13.5. The Hall–Kier alpha value is -1.97. The fraction of sp³-hybridized carbons (Fsp3) is 0.286. The zero-order valence-corrected chi connectivity index (χ0v) is 10.3. The van der Waals surface area contributed by atoms with Gasteiger partial charge in [-0.25, -0.2) is 9.37 Å². The minimum Gasteiger partial charge on any atom is -0.451 e. The molecule has 0 bridgehead atoms. The van der Waals surface area contributed by atoms with Gasteiger partial charge in [-0.05, 0) is 23.1 Å². The Balaban J connectivity index is 2.20. The van der Waals surface area contributed by atoms with E-state index in [1.807, 2.05) is 13.8 Å². The molecule has 0 N–H and O–H groups in total. The van der Waals surface area contributed by atoms with Gasteiger partial charge in [0.1, 0.15) is 17.8 Å². The number of aromatic nitrogens is 1. The minimum atomic E-state index is -0.234. The van der Waals surface area contributed by atoms with Gasteiger partial charge >= 0.3 is 0 Å². The first-order chi connectivity index (χ1) is 8.58. The summed E-state index contributed by atoms with van der Waals surface area (Å²) < 4.78 is 18.3. The van der Waals surface area contributed by atoms with Crippen LogP contribution >= 0.6 is 0 Å². The summed E-state index contributed by atoms with van der Waals surface area (Å²) in [6.45, 7) is 3.84. The fourth-order valence-corrected chi connectivity index (χ4v) is 1.77. The molecule has 18 heavy (non-hydrogen) atoms. The highest BCUT2D eigenvalue weighted by Gasteiger charge is 2.12. The van der Waals surface area contributed by atoms with Gasteiger partial charge in [0.05, 0.1) is 0 Å². The van der Waals surface area contributed by atoms with Crippen LogP contribution in [0.3, 0.4) is 0 Å². The molecule has 1 aromatic heterocycles. The zero-order chi connectivity index (χ0) is 13.1. The van der Waals surface area contributed by atoms with Crippen LogP contribution < -0.4 is 0 Å². The number of hydrogen-bond donors (Lipinski definition) is 0. The van der Waals surface area contributed by atoms with Crippen LogP contribution in [0.5, 0.6) is 0 Å². The summed E-state index contributed by atoms with van der Waals surface area (Å²) in [6.07, 6.45) is 2.74. The summed E-state index contributed by atoms with van der Waals surface area (Å²) in [6, 6.07) is 4.76. The highest BCUT2D eigenvalue weighted by Crippen LogP contribution is 2.20. The number of benzene rings is 1. The van der Waals surface area contributed by atoms with Gasteiger partial charge in [-0.2, -0.15) is 0 Å². The Morgan fingerprint density at radius 1 is 1.44 bits per heavy atom. The average Bonchev–Trinajstić information content (AvgIpc) is 2.85. The number of carbonyl (C=O) groups is 1. The van der Waals surface area contributed by atoms with Crippen molar-refractivity contribution in [3.63, 3.8) is 0 Å². The summed E-state index contributed by atoms with van der Waals surface area (Å²) >= 11 is 0. The van der Waals surface area contributed by atoms with E-state index in [2.05, 4.69) is 4.98 Å². The lowest BCUT2D eigenvalue weighted by atomic mass is 9.98. The zero-order valence-electron chi connectivity index (χ0n) is 10.3. The predicted octanol–water partition coefficient (Wildman–Crippen LogP) is 3.36. The Morgan fingerprint density at radius 3 is 2.83 bits per heavy atom. The number of oxazole rings is 1. The monoisotopic (exact) mass is 247 g/mol. The lowest BCUT2D eigenvalue weighted by Crippen LogP contribution is -2.05. The van der Waals surface area contributed by atoms with E-state index in [9.17, 15) is 9.18 Å².